The molecule has 2 heterocycles. The number of hydrogen-bond acceptors (Lipinski definition) is 12. The molecule has 0 unspecified atom stereocenters. The summed E-state index contributed by atoms with van der Waals surface area (Å²) in [5, 5.41) is 70.1. The van der Waals surface area contributed by atoms with Crippen molar-refractivity contribution in [3.8, 4) is 5.75 Å². The predicted octanol–water partition coefficient (Wildman–Crippen LogP) is -2.59. The van der Waals surface area contributed by atoms with Crippen molar-refractivity contribution in [1.82, 2.24) is 0 Å². The minimum atomic E-state index is -1.70. The van der Waals surface area contributed by atoms with E-state index >= 15 is 0 Å². The van der Waals surface area contributed by atoms with E-state index in [4.69, 9.17) is 18.9 Å². The van der Waals surface area contributed by atoms with Crippen LogP contribution in [0.1, 0.15) is 0 Å². The molecule has 0 spiro atoms. The molecule has 3 rings (SSSR count). The molecule has 2 aliphatic rings. The third-order valence-electron chi connectivity index (χ3n) is 5.27. The Hall–Kier alpha value is -1.03. The van der Waals surface area contributed by atoms with Crippen molar-refractivity contribution >= 4 is 11.8 Å². The van der Waals surface area contributed by atoms with Gasteiger partial charge in [0, 0.05) is 4.90 Å². The molecule has 0 radical (unpaired) electrons. The van der Waals surface area contributed by atoms with Gasteiger partial charge in [-0.15, -0.1) is 0 Å². The van der Waals surface area contributed by atoms with Gasteiger partial charge in [-0.2, -0.15) is 0 Å². The SMILES string of the molecule is COc1ccc(S[C@@H]2O[C@H](CO)[C@@H](O[C@H]3O[C@H](CO)[C@@H](O)[C@H](O)[C@H]3O)[C@H](O)[C@H]2O)cc1. The summed E-state index contributed by atoms with van der Waals surface area (Å²) in [4.78, 5) is 0.724. The van der Waals surface area contributed by atoms with Gasteiger partial charge < -0.3 is 54.7 Å². The maximum absolute atomic E-state index is 10.6. The minimum absolute atomic E-state index is 0.578. The normalized spacial score (nSPS) is 41.2. The van der Waals surface area contributed by atoms with Crippen LogP contribution in [0.25, 0.3) is 0 Å². The van der Waals surface area contributed by atoms with Crippen molar-refractivity contribution in [3.05, 3.63) is 24.3 Å². The summed E-state index contributed by atoms with van der Waals surface area (Å²) in [5.41, 5.74) is -0.935. The number of thioether (sulfide) groups is 1. The summed E-state index contributed by atoms with van der Waals surface area (Å²) in [6, 6.07) is 6.94. The Kier molecular flexibility index (Phi) is 8.51. The zero-order valence-corrected chi connectivity index (χ0v) is 17.5. The molecule has 1 aromatic carbocycles. The van der Waals surface area contributed by atoms with Crippen molar-refractivity contribution < 1.29 is 54.7 Å². The molecule has 2 fully saturated rings. The number of ether oxygens (including phenoxy) is 4. The van der Waals surface area contributed by atoms with E-state index in [1.807, 2.05) is 0 Å². The van der Waals surface area contributed by atoms with Gasteiger partial charge >= 0.3 is 0 Å². The molecule has 11 nitrogen and oxygen atoms in total. The molecule has 10 atom stereocenters. The highest BCUT2D eigenvalue weighted by Crippen LogP contribution is 2.36. The van der Waals surface area contributed by atoms with E-state index in [1.54, 1.807) is 24.3 Å². The predicted molar refractivity (Wildman–Crippen MR) is 105 cm³/mol. The second kappa shape index (κ2) is 10.7. The van der Waals surface area contributed by atoms with Gasteiger partial charge in [0.1, 0.15) is 60.0 Å². The van der Waals surface area contributed by atoms with Gasteiger partial charge in [0.15, 0.2) is 6.29 Å². The minimum Gasteiger partial charge on any atom is -0.497 e. The number of benzene rings is 1. The Bertz CT molecular complexity index is 688. The van der Waals surface area contributed by atoms with Crippen LogP contribution in [0, 0.1) is 0 Å². The third-order valence-corrected chi connectivity index (χ3v) is 6.44. The van der Waals surface area contributed by atoms with E-state index in [-0.39, 0.29) is 0 Å². The maximum atomic E-state index is 10.6. The molecule has 12 heteroatoms. The molecule has 1 aromatic rings. The van der Waals surface area contributed by atoms with Crippen molar-refractivity contribution in [3.63, 3.8) is 0 Å². The first kappa shape index (κ1) is 24.6. The van der Waals surface area contributed by atoms with Crippen molar-refractivity contribution in [2.24, 2.45) is 0 Å². The highest BCUT2D eigenvalue weighted by atomic mass is 32.2. The highest BCUT2D eigenvalue weighted by molar-refractivity contribution is 7.99. The van der Waals surface area contributed by atoms with E-state index in [2.05, 4.69) is 0 Å². The summed E-state index contributed by atoms with van der Waals surface area (Å²) in [7, 11) is 1.54. The maximum Gasteiger partial charge on any atom is 0.187 e. The Labute approximate surface area is 182 Å². The molecule has 0 bridgehead atoms. The average molecular weight is 464 g/mol. The Morgan fingerprint density at radius 2 is 1.45 bits per heavy atom. The number of aliphatic hydroxyl groups is 7. The van der Waals surface area contributed by atoms with Gasteiger partial charge in [-0.05, 0) is 24.3 Å². The summed E-state index contributed by atoms with van der Waals surface area (Å²) in [6.07, 6.45) is -13.1. The summed E-state index contributed by atoms with van der Waals surface area (Å²) in [6.45, 7) is -1.23. The fourth-order valence-corrected chi connectivity index (χ4v) is 4.50. The van der Waals surface area contributed by atoms with Gasteiger partial charge in [0.2, 0.25) is 0 Å². The molecule has 0 saturated carbocycles. The summed E-state index contributed by atoms with van der Waals surface area (Å²) < 4.78 is 21.6. The Morgan fingerprint density at radius 1 is 0.806 bits per heavy atom. The van der Waals surface area contributed by atoms with E-state index in [0.29, 0.717) is 5.75 Å². The lowest BCUT2D eigenvalue weighted by atomic mass is 9.97. The number of methoxy groups -OCH3 is 1. The van der Waals surface area contributed by atoms with Crippen LogP contribution < -0.4 is 4.74 Å². The Morgan fingerprint density at radius 3 is 2.03 bits per heavy atom. The monoisotopic (exact) mass is 464 g/mol. The largest absolute Gasteiger partial charge is 0.497 e. The van der Waals surface area contributed by atoms with Crippen molar-refractivity contribution in [2.45, 2.75) is 65.5 Å². The van der Waals surface area contributed by atoms with Crippen LogP contribution in [0.3, 0.4) is 0 Å². The van der Waals surface area contributed by atoms with E-state index in [0.717, 1.165) is 16.7 Å². The standard InChI is InChI=1S/C19H28O11S/c1-27-8-2-4-9(5-3-8)31-19-16(26)14(24)17(11(7-21)29-19)30-18-15(25)13(23)12(22)10(6-20)28-18/h2-5,10-26H,6-7H2,1H3/t10-,11-,12-,13+,14-,15-,16-,17-,18-,19+/m1/s1. The van der Waals surface area contributed by atoms with Crippen LogP contribution >= 0.6 is 11.8 Å². The summed E-state index contributed by atoms with van der Waals surface area (Å²) >= 11 is 1.13. The number of aliphatic hydroxyl groups excluding tert-OH is 7. The molecular weight excluding hydrogens is 436 g/mol. The quantitative estimate of drug-likeness (QED) is 0.224. The van der Waals surface area contributed by atoms with Gasteiger partial charge in [-0.3, -0.25) is 0 Å². The van der Waals surface area contributed by atoms with Gasteiger partial charge in [0.05, 0.1) is 20.3 Å². The van der Waals surface area contributed by atoms with Crippen molar-refractivity contribution in [1.29, 1.82) is 0 Å². The third kappa shape index (κ3) is 5.31. The van der Waals surface area contributed by atoms with Gasteiger partial charge in [0.25, 0.3) is 0 Å². The van der Waals surface area contributed by atoms with E-state index < -0.39 is 73.8 Å². The van der Waals surface area contributed by atoms with Crippen LogP contribution in [0.2, 0.25) is 0 Å². The molecule has 176 valence electrons. The molecule has 0 aliphatic carbocycles. The fourth-order valence-electron chi connectivity index (χ4n) is 3.44. The van der Waals surface area contributed by atoms with Crippen molar-refractivity contribution in [2.75, 3.05) is 20.3 Å². The smallest absolute Gasteiger partial charge is 0.187 e. The first-order chi connectivity index (χ1) is 14.8. The van der Waals surface area contributed by atoms with Crippen LogP contribution in [0.4, 0.5) is 0 Å². The summed E-state index contributed by atoms with van der Waals surface area (Å²) in [5.74, 6) is 0.649. The molecule has 0 amide bonds. The lowest BCUT2D eigenvalue weighted by Gasteiger charge is -2.46. The second-order valence-electron chi connectivity index (χ2n) is 7.30. The van der Waals surface area contributed by atoms with Crippen LogP contribution in [-0.2, 0) is 14.2 Å². The second-order valence-corrected chi connectivity index (χ2v) is 8.47. The van der Waals surface area contributed by atoms with Crippen LogP contribution in [0.5, 0.6) is 5.75 Å². The average Bonchev–Trinajstić information content (AvgIpc) is 2.79. The first-order valence-electron chi connectivity index (χ1n) is 9.69. The number of hydrogen-bond donors (Lipinski definition) is 7. The number of rotatable bonds is 7. The highest BCUT2D eigenvalue weighted by Gasteiger charge is 2.50. The molecule has 2 saturated heterocycles. The Balaban J connectivity index is 1.70. The lowest BCUT2D eigenvalue weighted by molar-refractivity contribution is -0.338. The molecule has 0 aromatic heterocycles. The zero-order chi connectivity index (χ0) is 22.7. The molecule has 31 heavy (non-hydrogen) atoms. The first-order valence-corrected chi connectivity index (χ1v) is 10.6. The lowest BCUT2D eigenvalue weighted by Crippen LogP contribution is -2.64. The van der Waals surface area contributed by atoms with Crippen LogP contribution in [-0.4, -0.2) is 117 Å². The van der Waals surface area contributed by atoms with Gasteiger partial charge in [-0.25, -0.2) is 0 Å². The van der Waals surface area contributed by atoms with Gasteiger partial charge in [-0.1, -0.05) is 11.8 Å². The molecule has 7 N–H and O–H groups in total. The van der Waals surface area contributed by atoms with E-state index in [9.17, 15) is 35.7 Å². The van der Waals surface area contributed by atoms with Crippen LogP contribution in [0.15, 0.2) is 29.2 Å². The van der Waals surface area contributed by atoms with E-state index in [1.165, 1.54) is 7.11 Å². The zero-order valence-electron chi connectivity index (χ0n) is 16.7. The fraction of sp³-hybridized carbons (Fsp3) is 0.684. The topological polar surface area (TPSA) is 179 Å². The molecular formula is C19H28O11S. The molecule has 2 aliphatic heterocycles.